The quantitative estimate of drug-likeness (QED) is 0.284. The van der Waals surface area contributed by atoms with Crippen LogP contribution in [-0.4, -0.2) is 55.7 Å². The molecule has 0 bridgehead atoms. The fourth-order valence-electron chi connectivity index (χ4n) is 3.63. The van der Waals surface area contributed by atoms with Gasteiger partial charge in [0, 0.05) is 36.7 Å². The zero-order valence-corrected chi connectivity index (χ0v) is 18.4. The highest BCUT2D eigenvalue weighted by Crippen LogP contribution is 2.41. The Morgan fingerprint density at radius 2 is 1.91 bits per heavy atom. The number of nitrogens with zero attached hydrogens (tertiary/aromatic N) is 1. The summed E-state index contributed by atoms with van der Waals surface area (Å²) < 4.78 is 30.2. The molecule has 3 aromatic rings. The number of aromatic nitrogens is 2. The molecule has 2 aromatic carbocycles. The van der Waals surface area contributed by atoms with Gasteiger partial charge in [0.15, 0.2) is 5.82 Å². The lowest BCUT2D eigenvalue weighted by Gasteiger charge is -2.09. The molecule has 0 aliphatic heterocycles. The number of halogens is 1. The largest absolute Gasteiger partial charge is 0.491 e. The summed E-state index contributed by atoms with van der Waals surface area (Å²) in [5.41, 5.74) is 4.88. The van der Waals surface area contributed by atoms with E-state index in [1.54, 1.807) is 12.1 Å². The van der Waals surface area contributed by atoms with Gasteiger partial charge in [-0.25, -0.2) is 4.39 Å². The Morgan fingerprint density at radius 1 is 1.09 bits per heavy atom. The minimum Gasteiger partial charge on any atom is -0.491 e. The number of fused-ring (bicyclic) bond motifs is 3. The van der Waals surface area contributed by atoms with Gasteiger partial charge in [0.25, 0.3) is 0 Å². The fourth-order valence-corrected chi connectivity index (χ4v) is 3.63. The number of hydrogen-bond acceptors (Lipinski definition) is 6. The summed E-state index contributed by atoms with van der Waals surface area (Å²) in [6.07, 6.45) is 0.740. The first-order valence-electron chi connectivity index (χ1n) is 10.9. The average Bonchev–Trinajstić information content (AvgIpc) is 3.34. The van der Waals surface area contributed by atoms with E-state index in [0.717, 1.165) is 29.0 Å². The molecule has 0 saturated heterocycles. The molecule has 1 aromatic heterocycles. The first-order valence-corrected chi connectivity index (χ1v) is 10.9. The van der Waals surface area contributed by atoms with Crippen LogP contribution in [0.1, 0.15) is 18.1 Å². The van der Waals surface area contributed by atoms with Gasteiger partial charge >= 0.3 is 0 Å². The monoisotopic (exact) mass is 454 g/mol. The topological polar surface area (TPSA) is 97.5 Å². The van der Waals surface area contributed by atoms with E-state index in [9.17, 15) is 9.18 Å². The van der Waals surface area contributed by atoms with Crippen LogP contribution in [0, 0.1) is 5.82 Å². The van der Waals surface area contributed by atoms with E-state index in [0.29, 0.717) is 51.1 Å². The highest BCUT2D eigenvalue weighted by atomic mass is 19.1. The average molecular weight is 455 g/mol. The van der Waals surface area contributed by atoms with Gasteiger partial charge < -0.3 is 24.8 Å². The maximum Gasteiger partial charge on any atom is 0.216 e. The van der Waals surface area contributed by atoms with Crippen LogP contribution in [0.3, 0.4) is 0 Å². The number of hydrogen-bond donors (Lipinski definition) is 3. The SMILES string of the molecule is CC(=O)NCCOCCOCCOc1ccc2c(c1)-c1[nH]nc(Nc3cccc(F)c3)c1C2. The van der Waals surface area contributed by atoms with Crippen LogP contribution >= 0.6 is 0 Å². The molecule has 0 fully saturated rings. The third-order valence-electron chi connectivity index (χ3n) is 5.16. The molecule has 0 atom stereocenters. The summed E-state index contributed by atoms with van der Waals surface area (Å²) in [5, 5.41) is 13.3. The predicted molar refractivity (Wildman–Crippen MR) is 122 cm³/mol. The van der Waals surface area contributed by atoms with Crippen molar-refractivity contribution in [1.82, 2.24) is 15.5 Å². The summed E-state index contributed by atoms with van der Waals surface area (Å²) in [6.45, 7) is 4.23. The molecule has 8 nitrogen and oxygen atoms in total. The van der Waals surface area contributed by atoms with Crippen LogP contribution in [0.15, 0.2) is 42.5 Å². The summed E-state index contributed by atoms with van der Waals surface area (Å²) in [5.74, 6) is 1.09. The van der Waals surface area contributed by atoms with Gasteiger partial charge in [-0.1, -0.05) is 12.1 Å². The van der Waals surface area contributed by atoms with Crippen molar-refractivity contribution in [3.63, 3.8) is 0 Å². The Balaban J connectivity index is 1.23. The van der Waals surface area contributed by atoms with Gasteiger partial charge in [0.1, 0.15) is 18.2 Å². The Hall–Kier alpha value is -3.43. The molecule has 3 N–H and O–H groups in total. The van der Waals surface area contributed by atoms with Gasteiger partial charge in [0.2, 0.25) is 5.91 Å². The highest BCUT2D eigenvalue weighted by molar-refractivity contribution is 5.80. The number of carbonyl (C=O) groups excluding carboxylic acids is 1. The fraction of sp³-hybridized carbons (Fsp3) is 0.333. The molecular weight excluding hydrogens is 427 g/mol. The highest BCUT2D eigenvalue weighted by Gasteiger charge is 2.25. The Kier molecular flexibility index (Phi) is 7.54. The van der Waals surface area contributed by atoms with Gasteiger partial charge in [0.05, 0.1) is 32.1 Å². The second kappa shape index (κ2) is 10.9. The summed E-state index contributed by atoms with van der Waals surface area (Å²) in [6, 6.07) is 12.3. The minimum absolute atomic E-state index is 0.0664. The molecule has 1 aliphatic carbocycles. The minimum atomic E-state index is -0.296. The van der Waals surface area contributed by atoms with Crippen molar-refractivity contribution >= 4 is 17.4 Å². The maximum atomic E-state index is 13.5. The summed E-state index contributed by atoms with van der Waals surface area (Å²) in [7, 11) is 0. The zero-order valence-electron chi connectivity index (χ0n) is 18.4. The van der Waals surface area contributed by atoms with Crippen LogP contribution in [0.2, 0.25) is 0 Å². The number of aromatic amines is 1. The van der Waals surface area contributed by atoms with Crippen LogP contribution in [0.4, 0.5) is 15.9 Å². The van der Waals surface area contributed by atoms with Gasteiger partial charge in [-0.2, -0.15) is 5.10 Å². The second-order valence-electron chi connectivity index (χ2n) is 7.61. The van der Waals surface area contributed by atoms with E-state index in [-0.39, 0.29) is 11.7 Å². The van der Waals surface area contributed by atoms with Gasteiger partial charge in [-0.05, 0) is 35.9 Å². The first-order chi connectivity index (χ1) is 16.1. The van der Waals surface area contributed by atoms with E-state index in [1.165, 1.54) is 24.6 Å². The molecular formula is C24H27FN4O4. The van der Waals surface area contributed by atoms with Crippen molar-refractivity contribution in [1.29, 1.82) is 0 Å². The molecule has 1 amide bonds. The third-order valence-corrected chi connectivity index (χ3v) is 5.16. The Labute approximate surface area is 191 Å². The lowest BCUT2D eigenvalue weighted by Crippen LogP contribution is -2.25. The molecule has 0 saturated carbocycles. The van der Waals surface area contributed by atoms with Crippen molar-refractivity contribution < 1.29 is 23.4 Å². The molecule has 9 heteroatoms. The first kappa shape index (κ1) is 22.8. The number of carbonyl (C=O) groups is 1. The smallest absolute Gasteiger partial charge is 0.216 e. The lowest BCUT2D eigenvalue weighted by molar-refractivity contribution is -0.119. The number of amides is 1. The zero-order chi connectivity index (χ0) is 23.0. The molecule has 174 valence electrons. The van der Waals surface area contributed by atoms with Crippen LogP contribution in [-0.2, 0) is 20.7 Å². The van der Waals surface area contributed by atoms with Crippen LogP contribution < -0.4 is 15.4 Å². The van der Waals surface area contributed by atoms with Crippen molar-refractivity contribution in [2.75, 3.05) is 44.9 Å². The predicted octanol–water partition coefficient (Wildman–Crippen LogP) is 3.41. The van der Waals surface area contributed by atoms with Gasteiger partial charge in [-0.3, -0.25) is 9.89 Å². The number of anilines is 2. The normalized spacial score (nSPS) is 11.7. The number of H-pyrrole nitrogens is 1. The molecule has 0 spiro atoms. The summed E-state index contributed by atoms with van der Waals surface area (Å²) in [4.78, 5) is 10.7. The molecule has 0 unspecified atom stereocenters. The van der Waals surface area contributed by atoms with E-state index in [1.807, 2.05) is 18.2 Å². The second-order valence-corrected chi connectivity index (χ2v) is 7.61. The van der Waals surface area contributed by atoms with E-state index < -0.39 is 0 Å². The Bertz CT molecular complexity index is 1100. The van der Waals surface area contributed by atoms with Crippen molar-refractivity contribution in [2.24, 2.45) is 0 Å². The molecule has 1 aliphatic rings. The van der Waals surface area contributed by atoms with Crippen LogP contribution in [0.25, 0.3) is 11.3 Å². The molecule has 0 radical (unpaired) electrons. The molecule has 1 heterocycles. The number of rotatable bonds is 12. The van der Waals surface area contributed by atoms with Crippen molar-refractivity contribution in [2.45, 2.75) is 13.3 Å². The maximum absolute atomic E-state index is 13.5. The standard InChI is InChI=1S/C24H27FN4O4/c1-16(30)26-7-8-31-9-10-32-11-12-33-20-6-5-17-13-22-23(21(17)15-20)28-29-24(22)27-19-4-2-3-18(25)14-19/h2-6,14-15H,7-13H2,1H3,(H,26,30)(H2,27,28,29). The molecule has 33 heavy (non-hydrogen) atoms. The Morgan fingerprint density at radius 3 is 2.73 bits per heavy atom. The number of nitrogens with one attached hydrogen (secondary N) is 3. The summed E-state index contributed by atoms with van der Waals surface area (Å²) >= 11 is 0. The van der Waals surface area contributed by atoms with Crippen LogP contribution in [0.5, 0.6) is 5.75 Å². The number of ether oxygens (including phenoxy) is 3. The lowest BCUT2D eigenvalue weighted by atomic mass is 10.1. The van der Waals surface area contributed by atoms with E-state index in [4.69, 9.17) is 14.2 Å². The number of benzene rings is 2. The van der Waals surface area contributed by atoms with Gasteiger partial charge in [-0.15, -0.1) is 0 Å². The van der Waals surface area contributed by atoms with E-state index in [2.05, 4.69) is 20.8 Å². The third kappa shape index (κ3) is 6.09. The van der Waals surface area contributed by atoms with Crippen molar-refractivity contribution in [3.8, 4) is 17.0 Å². The van der Waals surface area contributed by atoms with E-state index >= 15 is 0 Å². The van der Waals surface area contributed by atoms with Crippen molar-refractivity contribution in [3.05, 3.63) is 59.4 Å². The molecule has 4 rings (SSSR count).